The van der Waals surface area contributed by atoms with E-state index in [0.29, 0.717) is 6.54 Å². The molecular formula is C18H20BrF3N4O. The Hall–Kier alpha value is -2.03. The summed E-state index contributed by atoms with van der Waals surface area (Å²) in [5.41, 5.74) is 0.847. The summed E-state index contributed by atoms with van der Waals surface area (Å²) in [6.07, 6.45) is -1.75. The highest BCUT2D eigenvalue weighted by Crippen LogP contribution is 2.44. The van der Waals surface area contributed by atoms with Crippen molar-refractivity contribution in [2.45, 2.75) is 44.4 Å². The molecule has 0 saturated heterocycles. The Balaban J connectivity index is 1.93. The summed E-state index contributed by atoms with van der Waals surface area (Å²) in [4.78, 5) is 12.4. The topological polar surface area (TPSA) is 59.0 Å². The molecule has 0 aliphatic carbocycles. The van der Waals surface area contributed by atoms with Crippen molar-refractivity contribution < 1.29 is 18.0 Å². The van der Waals surface area contributed by atoms with E-state index in [4.69, 9.17) is 0 Å². The van der Waals surface area contributed by atoms with Crippen LogP contribution >= 0.6 is 15.9 Å². The second-order valence-corrected chi connectivity index (χ2v) is 7.42. The minimum atomic E-state index is -4.47. The lowest BCUT2D eigenvalue weighted by molar-refractivity contribution is -0.173. The van der Waals surface area contributed by atoms with Crippen molar-refractivity contribution in [1.29, 1.82) is 0 Å². The van der Waals surface area contributed by atoms with Crippen LogP contribution < -0.4 is 10.6 Å². The predicted molar refractivity (Wildman–Crippen MR) is 99.7 cm³/mol. The molecule has 0 bridgehead atoms. The van der Waals surface area contributed by atoms with E-state index in [1.54, 1.807) is 24.3 Å². The molecule has 1 aliphatic heterocycles. The van der Waals surface area contributed by atoms with E-state index >= 15 is 0 Å². The molecule has 2 heterocycles. The zero-order chi connectivity index (χ0) is 19.6. The second-order valence-electron chi connectivity index (χ2n) is 6.50. The van der Waals surface area contributed by atoms with Crippen LogP contribution in [0.2, 0.25) is 0 Å². The maximum Gasteiger partial charge on any atom is 0.410 e. The van der Waals surface area contributed by atoms with Crippen LogP contribution in [-0.4, -0.2) is 28.4 Å². The van der Waals surface area contributed by atoms with Crippen LogP contribution in [0.3, 0.4) is 0 Å². The van der Waals surface area contributed by atoms with Crippen molar-refractivity contribution in [3.05, 3.63) is 46.1 Å². The number of carbonyl (C=O) groups excluding carboxylic acids is 1. The van der Waals surface area contributed by atoms with Gasteiger partial charge in [0.1, 0.15) is 11.4 Å². The fourth-order valence-electron chi connectivity index (χ4n) is 3.12. The van der Waals surface area contributed by atoms with E-state index in [0.717, 1.165) is 27.6 Å². The number of rotatable bonds is 5. The van der Waals surface area contributed by atoms with Gasteiger partial charge in [0, 0.05) is 17.4 Å². The highest BCUT2D eigenvalue weighted by Gasteiger charge is 2.47. The standard InChI is InChI=1S/C18H20BrF3N4O/c1-2-3-8-23-17(27)13-10-24-26-15(18(20,21)22)9-14(25-16(13)26)11-4-6-12(19)7-5-11/h4-7,10,14-15,25H,2-3,8-9H2,1H3,(H,23,27)/t14-,15+/m1/s1. The van der Waals surface area contributed by atoms with E-state index in [-0.39, 0.29) is 17.8 Å². The van der Waals surface area contributed by atoms with Crippen molar-refractivity contribution in [1.82, 2.24) is 15.1 Å². The molecule has 1 aromatic heterocycles. The van der Waals surface area contributed by atoms with Crippen molar-refractivity contribution in [3.8, 4) is 0 Å². The Morgan fingerprint density at radius 2 is 2.07 bits per heavy atom. The van der Waals surface area contributed by atoms with Crippen LogP contribution in [0.5, 0.6) is 0 Å². The first kappa shape index (κ1) is 19.7. The lowest BCUT2D eigenvalue weighted by Gasteiger charge is -2.34. The Bertz CT molecular complexity index is 804. The summed E-state index contributed by atoms with van der Waals surface area (Å²) in [6.45, 7) is 2.46. The van der Waals surface area contributed by atoms with Gasteiger partial charge in [0.05, 0.1) is 12.2 Å². The van der Waals surface area contributed by atoms with Crippen LogP contribution in [-0.2, 0) is 0 Å². The smallest absolute Gasteiger partial charge is 0.363 e. The number of hydrogen-bond acceptors (Lipinski definition) is 3. The number of nitrogens with zero attached hydrogens (tertiary/aromatic N) is 2. The molecule has 9 heteroatoms. The van der Waals surface area contributed by atoms with E-state index in [1.165, 1.54) is 6.20 Å². The van der Waals surface area contributed by atoms with Gasteiger partial charge in [-0.15, -0.1) is 0 Å². The first-order valence-electron chi connectivity index (χ1n) is 8.75. The zero-order valence-corrected chi connectivity index (χ0v) is 16.3. The van der Waals surface area contributed by atoms with Gasteiger partial charge >= 0.3 is 6.18 Å². The number of halogens is 4. The lowest BCUT2D eigenvalue weighted by Crippen LogP contribution is -2.36. The van der Waals surface area contributed by atoms with Gasteiger partial charge in [-0.2, -0.15) is 18.3 Å². The monoisotopic (exact) mass is 444 g/mol. The second kappa shape index (κ2) is 7.92. The minimum absolute atomic E-state index is 0.102. The number of alkyl halides is 3. The average molecular weight is 445 g/mol. The van der Waals surface area contributed by atoms with Gasteiger partial charge in [-0.3, -0.25) is 4.79 Å². The average Bonchev–Trinajstić information content (AvgIpc) is 3.04. The number of benzene rings is 1. The quantitative estimate of drug-likeness (QED) is 0.648. The largest absolute Gasteiger partial charge is 0.410 e. The lowest BCUT2D eigenvalue weighted by atomic mass is 9.96. The van der Waals surface area contributed by atoms with Crippen LogP contribution in [0.15, 0.2) is 34.9 Å². The van der Waals surface area contributed by atoms with E-state index in [1.807, 2.05) is 6.92 Å². The summed E-state index contributed by atoms with van der Waals surface area (Å²) in [5, 5.41) is 9.67. The van der Waals surface area contributed by atoms with E-state index in [2.05, 4.69) is 31.7 Å². The highest BCUT2D eigenvalue weighted by atomic mass is 79.9. The van der Waals surface area contributed by atoms with Crippen LogP contribution in [0.25, 0.3) is 0 Å². The number of fused-ring (bicyclic) bond motifs is 1. The third-order valence-corrected chi connectivity index (χ3v) is 5.10. The summed E-state index contributed by atoms with van der Waals surface area (Å²) in [6, 6.07) is 4.73. The number of carbonyl (C=O) groups is 1. The maximum absolute atomic E-state index is 13.6. The van der Waals surface area contributed by atoms with E-state index < -0.39 is 24.2 Å². The number of nitrogens with one attached hydrogen (secondary N) is 2. The van der Waals surface area contributed by atoms with Crippen LogP contribution in [0.4, 0.5) is 19.0 Å². The number of aromatic nitrogens is 2. The van der Waals surface area contributed by atoms with Crippen LogP contribution in [0.1, 0.15) is 54.2 Å². The predicted octanol–water partition coefficient (Wildman–Crippen LogP) is 4.84. The van der Waals surface area contributed by atoms with Gasteiger partial charge in [-0.05, 0) is 24.1 Å². The molecule has 27 heavy (non-hydrogen) atoms. The van der Waals surface area contributed by atoms with Gasteiger partial charge < -0.3 is 10.6 Å². The Labute approximate surface area is 163 Å². The molecule has 2 atom stereocenters. The van der Waals surface area contributed by atoms with Crippen molar-refractivity contribution >= 4 is 27.7 Å². The summed E-state index contributed by atoms with van der Waals surface area (Å²) < 4.78 is 42.6. The Kier molecular flexibility index (Phi) is 5.78. The molecule has 1 aromatic carbocycles. The molecule has 2 N–H and O–H groups in total. The molecular weight excluding hydrogens is 425 g/mol. The van der Waals surface area contributed by atoms with Gasteiger partial charge in [-0.1, -0.05) is 41.4 Å². The van der Waals surface area contributed by atoms with Gasteiger partial charge in [-0.25, -0.2) is 4.68 Å². The number of anilines is 1. The SMILES string of the molecule is CCCCNC(=O)c1cnn2c1N[C@@H](c1ccc(Br)cc1)C[C@H]2C(F)(F)F. The number of amides is 1. The summed E-state index contributed by atoms with van der Waals surface area (Å²) >= 11 is 3.33. The van der Waals surface area contributed by atoms with Crippen molar-refractivity contribution in [2.75, 3.05) is 11.9 Å². The molecule has 0 unspecified atom stereocenters. The first-order chi connectivity index (χ1) is 12.8. The van der Waals surface area contributed by atoms with Gasteiger partial charge in [0.25, 0.3) is 5.91 Å². The molecule has 0 radical (unpaired) electrons. The summed E-state index contributed by atoms with van der Waals surface area (Å²) in [5.74, 6) is -0.319. The maximum atomic E-state index is 13.6. The molecule has 146 valence electrons. The molecule has 3 rings (SSSR count). The molecule has 0 saturated carbocycles. The van der Waals surface area contributed by atoms with Crippen molar-refractivity contribution in [3.63, 3.8) is 0 Å². The Morgan fingerprint density at radius 1 is 1.37 bits per heavy atom. The Morgan fingerprint density at radius 3 is 2.70 bits per heavy atom. The molecule has 1 amide bonds. The first-order valence-corrected chi connectivity index (χ1v) is 9.55. The normalized spacial score (nSPS) is 19.3. The van der Waals surface area contributed by atoms with Crippen LogP contribution in [0, 0.1) is 0 Å². The number of hydrogen-bond donors (Lipinski definition) is 2. The van der Waals surface area contributed by atoms with Gasteiger partial charge in [0.2, 0.25) is 0 Å². The molecule has 5 nitrogen and oxygen atoms in total. The fraction of sp³-hybridized carbons (Fsp3) is 0.444. The third kappa shape index (κ3) is 4.28. The molecule has 2 aromatic rings. The third-order valence-electron chi connectivity index (χ3n) is 4.57. The fourth-order valence-corrected chi connectivity index (χ4v) is 3.38. The summed E-state index contributed by atoms with van der Waals surface area (Å²) in [7, 11) is 0. The minimum Gasteiger partial charge on any atom is -0.363 e. The number of unbranched alkanes of at least 4 members (excludes halogenated alkanes) is 1. The molecule has 0 spiro atoms. The van der Waals surface area contributed by atoms with E-state index in [9.17, 15) is 18.0 Å². The van der Waals surface area contributed by atoms with Crippen molar-refractivity contribution in [2.24, 2.45) is 0 Å². The highest BCUT2D eigenvalue weighted by molar-refractivity contribution is 9.10. The molecule has 1 aliphatic rings. The zero-order valence-electron chi connectivity index (χ0n) is 14.7. The molecule has 0 fully saturated rings. The van der Waals surface area contributed by atoms with Gasteiger partial charge in [0.15, 0.2) is 6.04 Å².